The smallest absolute Gasteiger partial charge is 0.245 e. The maximum absolute atomic E-state index is 15.1. The highest BCUT2D eigenvalue weighted by Gasteiger charge is 2.38. The van der Waals surface area contributed by atoms with Crippen molar-refractivity contribution in [2.24, 2.45) is 52.3 Å². The molecule has 0 radical (unpaired) electrons. The summed E-state index contributed by atoms with van der Waals surface area (Å²) in [4.78, 5) is 201. The third-order valence-electron chi connectivity index (χ3n) is 19.7. The van der Waals surface area contributed by atoms with Gasteiger partial charge in [0.05, 0.1) is 19.2 Å². The number of H-pyrrole nitrogens is 1. The number of carbonyl (C=O) groups is 14. The Kier molecular flexibility index (Phi) is 40.9. The second-order valence-electron chi connectivity index (χ2n) is 30.8. The number of para-hydroxylation sites is 1. The standard InChI is InChI=1S/C83H122N20O15/c1-9-50(8)70(103-72(108)56(85)38-47(2)3)82(118)96-58(33-23-37-90-83(88)89)73(109)92-45-68(106)93-62(39-48(4)5)76(112)98-63(41-52-26-15-11-16-27-52)77(113)94-59(32-21-22-36-84)74(110)101-66(46-104)80(116)99-64(42-53-28-17-12-18-29-53)78(114)100-65(43-54-44-91-57-31-20-19-30-55(54)57)79(115)95-60(34-35-67(86)105)75(111)102-69(49(6)7)81(117)97-61(71(87)107)40-51-24-13-10-14-25-51/h10-20,24-31,44,47-50,56,58-66,69-70,91,104H,9,21-23,32-43,45-46,84-85H2,1-8H3,(H2,86,105)(H2,87,107)(H,92,109)(H,93,106)(H,94,113)(H,95,115)(H,96,118)(H,97,117)(H,98,112)(H,99,116)(H,100,114)(H,101,110)(H,102,111)(H,103,108)(H4,88,89,90)/t50-,56-,58-,59-,60-,61-,62-,63-,64-,65-,66-,69-,70-/m1/s1. The number of amides is 14. The lowest BCUT2D eigenvalue weighted by molar-refractivity contribution is -0.136. The molecule has 4 aromatic carbocycles. The van der Waals surface area contributed by atoms with Gasteiger partial charge in [-0.05, 0) is 110 Å². The summed E-state index contributed by atoms with van der Waals surface area (Å²) in [6.45, 7) is 12.7. The van der Waals surface area contributed by atoms with Crippen LogP contribution in [0.25, 0.3) is 10.9 Å². The Morgan fingerprint density at radius 3 is 1.36 bits per heavy atom. The van der Waals surface area contributed by atoms with Crippen LogP contribution in [0, 0.1) is 29.1 Å². The molecule has 26 N–H and O–H groups in total. The van der Waals surface area contributed by atoms with Crippen molar-refractivity contribution in [3.05, 3.63) is 144 Å². The van der Waals surface area contributed by atoms with Crippen molar-refractivity contribution < 1.29 is 72.2 Å². The summed E-state index contributed by atoms with van der Waals surface area (Å²) in [7, 11) is 0. The number of guanidine groups is 1. The lowest BCUT2D eigenvalue weighted by atomic mass is 9.96. The zero-order valence-electron chi connectivity index (χ0n) is 68.6. The fourth-order valence-electron chi connectivity index (χ4n) is 13.0. The predicted octanol–water partition coefficient (Wildman–Crippen LogP) is -0.856. The third-order valence-corrected chi connectivity index (χ3v) is 19.7. The summed E-state index contributed by atoms with van der Waals surface area (Å²) in [6.07, 6.45) is 1.70. The minimum atomic E-state index is -1.82. The van der Waals surface area contributed by atoms with Crippen LogP contribution in [-0.2, 0) is 92.8 Å². The average molecular weight is 1640 g/mol. The molecule has 1 heterocycles. The number of benzene rings is 4. The van der Waals surface area contributed by atoms with Gasteiger partial charge < -0.3 is 108 Å². The van der Waals surface area contributed by atoms with Gasteiger partial charge in [0, 0.05) is 55.7 Å². The monoisotopic (exact) mass is 1640 g/mol. The van der Waals surface area contributed by atoms with Gasteiger partial charge >= 0.3 is 0 Å². The summed E-state index contributed by atoms with van der Waals surface area (Å²) >= 11 is 0. The first-order valence-corrected chi connectivity index (χ1v) is 40.1. The maximum atomic E-state index is 15.1. The number of fused-ring (bicyclic) bond motifs is 1. The Bertz CT molecular complexity index is 4150. The molecule has 0 saturated carbocycles. The number of hydrogen-bond acceptors (Lipinski definition) is 18. The van der Waals surface area contributed by atoms with E-state index in [1.807, 2.05) is 20.8 Å². The molecule has 35 nitrogen and oxygen atoms in total. The Morgan fingerprint density at radius 1 is 0.432 bits per heavy atom. The van der Waals surface area contributed by atoms with Gasteiger partial charge in [0.2, 0.25) is 82.7 Å². The van der Waals surface area contributed by atoms with Crippen molar-refractivity contribution in [1.29, 1.82) is 5.41 Å². The molecular formula is C83H122N20O15. The molecule has 0 unspecified atom stereocenters. The van der Waals surface area contributed by atoms with Crippen molar-refractivity contribution in [2.75, 3.05) is 26.2 Å². The third kappa shape index (κ3) is 33.4. The SMILES string of the molecule is CC[C@@H](C)[C@@H](NC(=O)[C@H](N)CC(C)C)C(=O)N[C@H](CCCNC(=N)N)C(=O)NCC(=O)N[C@H](CC(C)C)C(=O)N[C@H](Cc1ccccc1)C(=O)N[C@H](CCCCN)C(=O)N[C@H](CO)C(=O)N[C@H](Cc1ccccc1)C(=O)N[C@H](Cc1c[nH]c2ccccc12)C(=O)N[C@H](CCC(N)=O)C(=O)N[C@@H](C(=O)N[C@H](Cc1ccccc1)C(N)=O)C(C)C. The van der Waals surface area contributed by atoms with Crippen LogP contribution in [-0.4, -0.2) is 197 Å². The van der Waals surface area contributed by atoms with Gasteiger partial charge in [0.25, 0.3) is 0 Å². The molecule has 0 bridgehead atoms. The van der Waals surface area contributed by atoms with Crippen molar-refractivity contribution in [3.63, 3.8) is 0 Å². The van der Waals surface area contributed by atoms with Gasteiger partial charge in [-0.2, -0.15) is 0 Å². The van der Waals surface area contributed by atoms with Crippen molar-refractivity contribution in [3.8, 4) is 0 Å². The number of aromatic nitrogens is 1. The summed E-state index contributed by atoms with van der Waals surface area (Å²) in [5.74, 6) is -13.5. The zero-order chi connectivity index (χ0) is 87.1. The van der Waals surface area contributed by atoms with Crippen molar-refractivity contribution in [2.45, 2.75) is 218 Å². The highest BCUT2D eigenvalue weighted by atomic mass is 16.3. The van der Waals surface area contributed by atoms with Gasteiger partial charge in [0.1, 0.15) is 66.5 Å². The molecule has 5 rings (SSSR count). The van der Waals surface area contributed by atoms with E-state index in [1.54, 1.807) is 156 Å². The number of aliphatic hydroxyl groups excluding tert-OH is 1. The molecule has 13 atom stereocenters. The number of unbranched alkanes of at least 4 members (excludes halogenated alkanes) is 1. The second-order valence-corrected chi connectivity index (χ2v) is 30.8. The van der Waals surface area contributed by atoms with Crippen LogP contribution in [0.5, 0.6) is 0 Å². The van der Waals surface area contributed by atoms with E-state index >= 15 is 9.59 Å². The topological polar surface area (TPSA) is 585 Å². The minimum absolute atomic E-state index is 0.00875. The van der Waals surface area contributed by atoms with Gasteiger partial charge in [0.15, 0.2) is 5.96 Å². The number of hydrogen-bond donors (Lipinski definition) is 21. The van der Waals surface area contributed by atoms with E-state index in [0.717, 1.165) is 0 Å². The maximum Gasteiger partial charge on any atom is 0.245 e. The quantitative estimate of drug-likeness (QED) is 0.0128. The highest BCUT2D eigenvalue weighted by Crippen LogP contribution is 2.21. The number of aromatic amines is 1. The van der Waals surface area contributed by atoms with Crippen LogP contribution in [0.2, 0.25) is 0 Å². The number of carbonyl (C=O) groups excluding carboxylic acids is 14. The minimum Gasteiger partial charge on any atom is -0.394 e. The predicted molar refractivity (Wildman–Crippen MR) is 445 cm³/mol. The zero-order valence-corrected chi connectivity index (χ0v) is 68.6. The molecule has 1 aromatic heterocycles. The molecule has 118 heavy (non-hydrogen) atoms. The van der Waals surface area contributed by atoms with Gasteiger partial charge in [-0.1, -0.05) is 171 Å². The van der Waals surface area contributed by atoms with E-state index in [0.29, 0.717) is 52.4 Å². The molecule has 35 heteroatoms. The Balaban J connectivity index is 1.39. The second kappa shape index (κ2) is 49.9. The van der Waals surface area contributed by atoms with E-state index < -0.39 is 187 Å². The van der Waals surface area contributed by atoms with E-state index in [2.05, 4.69) is 74.1 Å². The first kappa shape index (κ1) is 96.7. The molecule has 0 aliphatic rings. The fourth-order valence-corrected chi connectivity index (χ4v) is 13.0. The summed E-state index contributed by atoms with van der Waals surface area (Å²) in [6, 6.07) is 16.1. The van der Waals surface area contributed by atoms with Gasteiger partial charge in [-0.15, -0.1) is 0 Å². The van der Waals surface area contributed by atoms with Gasteiger partial charge in [-0.25, -0.2) is 0 Å². The van der Waals surface area contributed by atoms with Crippen molar-refractivity contribution >= 4 is 99.6 Å². The molecule has 14 amide bonds. The molecule has 0 saturated heterocycles. The Labute approximate surface area is 688 Å². The largest absolute Gasteiger partial charge is 0.394 e. The van der Waals surface area contributed by atoms with Gasteiger partial charge in [-0.3, -0.25) is 72.5 Å². The first-order valence-electron chi connectivity index (χ1n) is 40.1. The Hall–Kier alpha value is -11.9. The van der Waals surface area contributed by atoms with Crippen LogP contribution in [0.1, 0.15) is 142 Å². The summed E-state index contributed by atoms with van der Waals surface area (Å²) in [5.41, 5.74) is 31.8. The lowest BCUT2D eigenvalue weighted by Crippen LogP contribution is -2.62. The van der Waals surface area contributed by atoms with Crippen LogP contribution in [0.4, 0.5) is 0 Å². The summed E-state index contributed by atoms with van der Waals surface area (Å²) in [5, 5.41) is 53.7. The Morgan fingerprint density at radius 2 is 0.856 bits per heavy atom. The number of rotatable bonds is 52. The molecule has 5 aromatic rings. The molecule has 0 aliphatic heterocycles. The molecular weight excluding hydrogens is 1520 g/mol. The number of primary amides is 2. The van der Waals surface area contributed by atoms with E-state index in [-0.39, 0.29) is 95.1 Å². The van der Waals surface area contributed by atoms with E-state index in [1.165, 1.54) is 0 Å². The van der Waals surface area contributed by atoms with Crippen molar-refractivity contribution in [1.82, 2.24) is 74.1 Å². The lowest BCUT2D eigenvalue weighted by Gasteiger charge is -2.29. The molecule has 0 spiro atoms. The number of nitrogens with two attached hydrogens (primary N) is 5. The molecule has 0 fully saturated rings. The molecule has 0 aliphatic carbocycles. The molecule has 644 valence electrons. The van der Waals surface area contributed by atoms with E-state index in [4.69, 9.17) is 34.1 Å². The number of aliphatic hydroxyl groups is 1. The fraction of sp³-hybridized carbons (Fsp3) is 0.506. The normalized spacial score (nSPS) is 14.6. The first-order chi connectivity index (χ1) is 56.1. The highest BCUT2D eigenvalue weighted by molar-refractivity contribution is 6.00. The van der Waals surface area contributed by atoms with Crippen LogP contribution < -0.4 is 97.8 Å². The van der Waals surface area contributed by atoms with E-state index in [9.17, 15) is 62.6 Å². The van der Waals surface area contributed by atoms with Crippen LogP contribution in [0.15, 0.2) is 121 Å². The number of nitrogens with one attached hydrogen (secondary N) is 15. The summed E-state index contributed by atoms with van der Waals surface area (Å²) < 4.78 is 0. The van der Waals surface area contributed by atoms with Crippen LogP contribution >= 0.6 is 0 Å². The average Bonchev–Trinajstić information content (AvgIpc) is 1.58. The van der Waals surface area contributed by atoms with Crippen LogP contribution in [0.3, 0.4) is 0 Å².